The third-order valence-electron chi connectivity index (χ3n) is 4.30. The molecule has 7 nitrogen and oxygen atoms in total. The van der Waals surface area contributed by atoms with E-state index in [0.717, 1.165) is 12.0 Å². The number of amides is 2. The minimum absolute atomic E-state index is 0.0694. The van der Waals surface area contributed by atoms with Crippen molar-refractivity contribution in [3.05, 3.63) is 65.1 Å². The molecule has 138 valence electrons. The quantitative estimate of drug-likeness (QED) is 0.485. The highest BCUT2D eigenvalue weighted by Crippen LogP contribution is 2.48. The number of hydrogen-bond acceptors (Lipinski definition) is 5. The maximum atomic E-state index is 11.4. The van der Waals surface area contributed by atoms with Gasteiger partial charge in [-0.15, -0.1) is 10.2 Å². The van der Waals surface area contributed by atoms with Crippen molar-refractivity contribution < 1.29 is 9.59 Å². The van der Waals surface area contributed by atoms with Crippen molar-refractivity contribution in [1.82, 2.24) is 20.8 Å². The molecule has 1 aliphatic rings. The summed E-state index contributed by atoms with van der Waals surface area (Å²) in [5, 5.41) is 22.0. The van der Waals surface area contributed by atoms with Crippen molar-refractivity contribution in [3.63, 3.8) is 0 Å². The van der Waals surface area contributed by atoms with E-state index in [-0.39, 0.29) is 23.1 Å². The van der Waals surface area contributed by atoms with Crippen LogP contribution in [0.25, 0.3) is 5.57 Å². The molecule has 3 rings (SSSR count). The second-order valence-electron chi connectivity index (χ2n) is 6.17. The van der Waals surface area contributed by atoms with Crippen molar-refractivity contribution >= 4 is 17.9 Å². The second-order valence-corrected chi connectivity index (χ2v) is 6.17. The lowest BCUT2D eigenvalue weighted by molar-refractivity contribution is -0.103. The van der Waals surface area contributed by atoms with Gasteiger partial charge in [-0.05, 0) is 30.2 Å². The van der Waals surface area contributed by atoms with Crippen molar-refractivity contribution in [2.75, 3.05) is 7.05 Å². The van der Waals surface area contributed by atoms with Crippen LogP contribution in [0.15, 0.2) is 42.6 Å². The summed E-state index contributed by atoms with van der Waals surface area (Å²) in [4.78, 5) is 22.7. The Kier molecular flexibility index (Phi) is 5.78. The number of benzene rings is 1. The Bertz CT molecular complexity index is 1030. The summed E-state index contributed by atoms with van der Waals surface area (Å²) in [7, 11) is 1.47. The molecule has 7 heteroatoms. The van der Waals surface area contributed by atoms with Gasteiger partial charge in [0, 0.05) is 30.6 Å². The van der Waals surface area contributed by atoms with E-state index < -0.39 is 6.03 Å². The first-order valence-corrected chi connectivity index (χ1v) is 8.64. The molecule has 1 aromatic carbocycles. The first kappa shape index (κ1) is 18.8. The Morgan fingerprint density at radius 3 is 2.75 bits per heavy atom. The molecular weight excluding hydrogens is 354 g/mol. The summed E-state index contributed by atoms with van der Waals surface area (Å²) in [5.74, 6) is 6.56. The molecule has 28 heavy (non-hydrogen) atoms. The highest BCUT2D eigenvalue weighted by molar-refractivity contribution is 6.06. The molecule has 0 radical (unpaired) electrons. The number of nitriles is 1. The Hall–Kier alpha value is -3.97. The van der Waals surface area contributed by atoms with Crippen LogP contribution in [0.2, 0.25) is 0 Å². The zero-order chi connectivity index (χ0) is 19.9. The fraction of sp³-hybridized carbons (Fsp3) is 0.190. The molecule has 1 aromatic heterocycles. The number of urea groups is 1. The summed E-state index contributed by atoms with van der Waals surface area (Å²) >= 11 is 0. The van der Waals surface area contributed by atoms with Crippen molar-refractivity contribution in [3.8, 4) is 17.9 Å². The number of allylic oxidation sites excluding steroid dienone is 1. The van der Waals surface area contributed by atoms with Gasteiger partial charge in [0.2, 0.25) is 0 Å². The van der Waals surface area contributed by atoms with Crippen LogP contribution < -0.4 is 10.6 Å². The summed E-state index contributed by atoms with van der Waals surface area (Å²) in [6.45, 7) is 0. The molecule has 1 aliphatic carbocycles. The predicted molar refractivity (Wildman–Crippen MR) is 103 cm³/mol. The number of nitrogens with zero attached hydrogens (tertiary/aromatic N) is 3. The predicted octanol–water partition coefficient (Wildman–Crippen LogP) is 1.97. The van der Waals surface area contributed by atoms with Crippen LogP contribution in [-0.2, 0) is 4.79 Å². The van der Waals surface area contributed by atoms with E-state index >= 15 is 0 Å². The number of carbonyl (C=O) groups is 2. The standard InChI is InChI=1S/C21H17N5O2/c1-23-21(28)24-12-16(13-27)19-10-18(20(11-22)26-25-19)17-9-15(17)8-7-14-5-3-2-4-6-14/h2-6,10,12-13,15,17H,9H2,1H3,(H2,23,24,28)/b16-12+. The van der Waals surface area contributed by atoms with E-state index in [0.29, 0.717) is 17.5 Å². The number of aldehydes is 1. The monoisotopic (exact) mass is 371 g/mol. The maximum Gasteiger partial charge on any atom is 0.318 e. The lowest BCUT2D eigenvalue weighted by Crippen LogP contribution is -2.28. The topological polar surface area (TPSA) is 108 Å². The molecule has 1 fully saturated rings. The molecule has 0 saturated heterocycles. The fourth-order valence-corrected chi connectivity index (χ4v) is 2.70. The molecule has 2 atom stereocenters. The fourth-order valence-electron chi connectivity index (χ4n) is 2.70. The number of rotatable bonds is 4. The highest BCUT2D eigenvalue weighted by Gasteiger charge is 2.39. The number of aromatic nitrogens is 2. The molecule has 0 spiro atoms. The summed E-state index contributed by atoms with van der Waals surface area (Å²) < 4.78 is 0. The van der Waals surface area contributed by atoms with Gasteiger partial charge in [-0.2, -0.15) is 5.26 Å². The zero-order valence-electron chi connectivity index (χ0n) is 15.1. The second kappa shape index (κ2) is 8.61. The maximum absolute atomic E-state index is 11.4. The van der Waals surface area contributed by atoms with E-state index in [9.17, 15) is 14.9 Å². The largest absolute Gasteiger partial charge is 0.341 e. The minimum atomic E-state index is -0.459. The van der Waals surface area contributed by atoms with Crippen molar-refractivity contribution in [2.24, 2.45) is 5.92 Å². The molecule has 0 aliphatic heterocycles. The van der Waals surface area contributed by atoms with Crippen LogP contribution in [0.1, 0.15) is 34.9 Å². The molecule has 2 unspecified atom stereocenters. The van der Waals surface area contributed by atoms with Gasteiger partial charge >= 0.3 is 6.03 Å². The van der Waals surface area contributed by atoms with E-state index in [1.807, 2.05) is 36.4 Å². The van der Waals surface area contributed by atoms with Crippen LogP contribution in [0, 0.1) is 29.1 Å². The average Bonchev–Trinajstić information content (AvgIpc) is 3.52. The van der Waals surface area contributed by atoms with Gasteiger partial charge in [0.25, 0.3) is 0 Å². The Morgan fingerprint density at radius 1 is 1.29 bits per heavy atom. The zero-order valence-corrected chi connectivity index (χ0v) is 15.1. The van der Waals surface area contributed by atoms with Gasteiger partial charge in [0.15, 0.2) is 12.0 Å². The van der Waals surface area contributed by atoms with Crippen LogP contribution in [0.5, 0.6) is 0 Å². The number of carbonyl (C=O) groups excluding carboxylic acids is 2. The van der Waals surface area contributed by atoms with Crippen LogP contribution >= 0.6 is 0 Å². The smallest absolute Gasteiger partial charge is 0.318 e. The van der Waals surface area contributed by atoms with E-state index in [1.54, 1.807) is 6.07 Å². The Balaban J connectivity index is 1.83. The highest BCUT2D eigenvalue weighted by atomic mass is 16.2. The summed E-state index contributed by atoms with van der Waals surface area (Å²) in [5.41, 5.74) is 2.33. The van der Waals surface area contributed by atoms with Crippen molar-refractivity contribution in [2.45, 2.75) is 12.3 Å². The molecule has 1 heterocycles. The first-order chi connectivity index (χ1) is 13.7. The minimum Gasteiger partial charge on any atom is -0.341 e. The molecule has 2 N–H and O–H groups in total. The molecule has 0 bridgehead atoms. The van der Waals surface area contributed by atoms with E-state index in [1.165, 1.54) is 13.2 Å². The third-order valence-corrected chi connectivity index (χ3v) is 4.30. The van der Waals surface area contributed by atoms with E-state index in [2.05, 4.69) is 32.7 Å². The molecular formula is C21H17N5O2. The Labute approximate surface area is 162 Å². The van der Waals surface area contributed by atoms with Gasteiger partial charge in [0.1, 0.15) is 6.07 Å². The lowest BCUT2D eigenvalue weighted by atomic mass is 10.0. The molecule has 2 amide bonds. The van der Waals surface area contributed by atoms with Gasteiger partial charge < -0.3 is 10.6 Å². The van der Waals surface area contributed by atoms with Crippen LogP contribution in [-0.4, -0.2) is 29.6 Å². The number of nitrogens with one attached hydrogen (secondary N) is 2. The van der Waals surface area contributed by atoms with Crippen molar-refractivity contribution in [1.29, 1.82) is 5.26 Å². The molecule has 1 saturated carbocycles. The van der Waals surface area contributed by atoms with Gasteiger partial charge in [-0.25, -0.2) is 4.79 Å². The van der Waals surface area contributed by atoms with Crippen LogP contribution in [0.3, 0.4) is 0 Å². The lowest BCUT2D eigenvalue weighted by Gasteiger charge is -2.05. The van der Waals surface area contributed by atoms with Gasteiger partial charge in [0.05, 0.1) is 11.3 Å². The SMILES string of the molecule is CNC(=O)N/C=C(\C=O)c1cc(C2CC2C#Cc2ccccc2)c(C#N)nn1. The number of hydrogen-bond donors (Lipinski definition) is 2. The third kappa shape index (κ3) is 4.40. The first-order valence-electron chi connectivity index (χ1n) is 8.64. The van der Waals surface area contributed by atoms with E-state index in [4.69, 9.17) is 0 Å². The van der Waals surface area contributed by atoms with Gasteiger partial charge in [-0.3, -0.25) is 4.79 Å². The summed E-state index contributed by atoms with van der Waals surface area (Å²) in [6, 6.07) is 12.9. The summed E-state index contributed by atoms with van der Waals surface area (Å²) in [6.07, 6.45) is 2.65. The average molecular weight is 371 g/mol. The van der Waals surface area contributed by atoms with Crippen LogP contribution in [0.4, 0.5) is 4.79 Å². The molecule has 2 aromatic rings. The normalized spacial score (nSPS) is 17.5. The van der Waals surface area contributed by atoms with Gasteiger partial charge in [-0.1, -0.05) is 30.0 Å². The Morgan fingerprint density at radius 2 is 2.07 bits per heavy atom.